The van der Waals surface area contributed by atoms with Crippen LogP contribution in [0.4, 0.5) is 23.7 Å². The molecule has 0 aliphatic heterocycles. The molecular weight excluding hydrogens is 541 g/mol. The lowest BCUT2D eigenvalue weighted by Gasteiger charge is -2.17. The molecule has 0 unspecified atom stereocenters. The lowest BCUT2D eigenvalue weighted by Crippen LogP contribution is -2.28. The zero-order chi connectivity index (χ0) is 29.7. The molecule has 0 bridgehead atoms. The van der Waals surface area contributed by atoms with Gasteiger partial charge in [0.05, 0.1) is 23.1 Å². The number of amides is 2. The molecule has 5 aromatic rings. The number of benzene rings is 2. The summed E-state index contributed by atoms with van der Waals surface area (Å²) >= 11 is 0. The molecule has 3 heterocycles. The Morgan fingerprint density at radius 2 is 1.64 bits per heavy atom. The first-order valence-corrected chi connectivity index (χ1v) is 13.7. The van der Waals surface area contributed by atoms with E-state index in [4.69, 9.17) is 0 Å². The largest absolute Gasteiger partial charge is 0.416 e. The normalized spacial score (nSPS) is 11.7. The number of pyridine rings is 2. The van der Waals surface area contributed by atoms with E-state index in [2.05, 4.69) is 45.4 Å². The molecule has 0 radical (unpaired) electrons. The van der Waals surface area contributed by atoms with Crippen molar-refractivity contribution in [2.45, 2.75) is 33.1 Å². The Balaban J connectivity index is 1.22. The van der Waals surface area contributed by atoms with E-state index in [-0.39, 0.29) is 12.2 Å². The van der Waals surface area contributed by atoms with Crippen molar-refractivity contribution in [3.63, 3.8) is 0 Å². The zero-order valence-corrected chi connectivity index (χ0v) is 23.3. The number of nitrogens with one attached hydrogen (secondary N) is 2. The number of hydrogen-bond donors (Lipinski definition) is 2. The van der Waals surface area contributed by atoms with Crippen LogP contribution in [0.5, 0.6) is 0 Å². The van der Waals surface area contributed by atoms with Crippen molar-refractivity contribution in [2.24, 2.45) is 0 Å². The molecule has 42 heavy (non-hydrogen) atoms. The van der Waals surface area contributed by atoms with Crippen LogP contribution in [0.3, 0.4) is 0 Å². The number of fused-ring (bicyclic) bond motifs is 1. The summed E-state index contributed by atoms with van der Waals surface area (Å²) in [5.41, 5.74) is 5.80. The van der Waals surface area contributed by atoms with Crippen LogP contribution >= 0.6 is 0 Å². The van der Waals surface area contributed by atoms with Gasteiger partial charge in [-0.1, -0.05) is 50.2 Å². The number of nitrogens with zero attached hydrogens (tertiary/aromatic N) is 4. The third-order valence-electron chi connectivity index (χ3n) is 7.08. The highest BCUT2D eigenvalue weighted by atomic mass is 19.4. The predicted molar refractivity (Wildman–Crippen MR) is 158 cm³/mol. The van der Waals surface area contributed by atoms with Gasteiger partial charge in [-0.15, -0.1) is 0 Å². The maximum Gasteiger partial charge on any atom is 0.416 e. The third-order valence-corrected chi connectivity index (χ3v) is 7.08. The van der Waals surface area contributed by atoms with Gasteiger partial charge in [0.2, 0.25) is 0 Å². The van der Waals surface area contributed by atoms with Crippen molar-refractivity contribution in [3.8, 4) is 22.5 Å². The summed E-state index contributed by atoms with van der Waals surface area (Å²) in [6, 6.07) is 19.8. The maximum atomic E-state index is 12.9. The number of carbonyl (C=O) groups is 1. The molecule has 216 valence electrons. The summed E-state index contributed by atoms with van der Waals surface area (Å²) in [6.45, 7) is 7.40. The topological polar surface area (TPSA) is 74.6 Å². The number of halogens is 3. The second-order valence-electron chi connectivity index (χ2n) is 9.88. The zero-order valence-electron chi connectivity index (χ0n) is 23.3. The fraction of sp³-hybridized carbons (Fsp3) is 0.219. The van der Waals surface area contributed by atoms with E-state index < -0.39 is 17.8 Å². The molecule has 10 heteroatoms. The molecule has 5 rings (SSSR count). The molecule has 0 aliphatic rings. The minimum Gasteiger partial charge on any atom is -0.334 e. The second kappa shape index (κ2) is 12.4. The molecular formula is C32H31F3N6O. The van der Waals surface area contributed by atoms with Crippen molar-refractivity contribution >= 4 is 17.4 Å². The maximum absolute atomic E-state index is 12.9. The molecule has 0 spiro atoms. The Kier molecular flexibility index (Phi) is 8.53. The molecule has 3 aromatic heterocycles. The lowest BCUT2D eigenvalue weighted by molar-refractivity contribution is -0.137. The number of urea groups is 1. The van der Waals surface area contributed by atoms with Crippen LogP contribution in [0.1, 0.15) is 30.5 Å². The highest BCUT2D eigenvalue weighted by Gasteiger charge is 2.30. The number of rotatable bonds is 9. The fourth-order valence-corrected chi connectivity index (χ4v) is 4.67. The van der Waals surface area contributed by atoms with Crippen LogP contribution in [0.15, 0.2) is 91.4 Å². The summed E-state index contributed by atoms with van der Waals surface area (Å²) in [7, 11) is 0. The van der Waals surface area contributed by atoms with Crippen LogP contribution in [-0.4, -0.2) is 38.4 Å². The number of imidazole rings is 1. The third kappa shape index (κ3) is 6.77. The van der Waals surface area contributed by atoms with E-state index in [1.165, 1.54) is 17.7 Å². The fourth-order valence-electron chi connectivity index (χ4n) is 4.67. The Morgan fingerprint density at radius 3 is 2.33 bits per heavy atom. The van der Waals surface area contributed by atoms with Gasteiger partial charge < -0.3 is 10.6 Å². The van der Waals surface area contributed by atoms with E-state index in [1.54, 1.807) is 0 Å². The Labute approximate surface area is 242 Å². The van der Waals surface area contributed by atoms with Gasteiger partial charge in [0.1, 0.15) is 5.65 Å². The smallest absolute Gasteiger partial charge is 0.334 e. The SMILES string of the molecule is CCN(CC)Cc1ccc(-c2ccn3c(-c4ccc(CNC(=O)Nc5cccc(C(F)(F)F)c5)cc4)cnc3c2)nc1. The number of aromatic nitrogens is 3. The Bertz CT molecular complexity index is 1660. The Morgan fingerprint density at radius 1 is 0.881 bits per heavy atom. The van der Waals surface area contributed by atoms with Gasteiger partial charge in [0.15, 0.2) is 0 Å². The van der Waals surface area contributed by atoms with Gasteiger partial charge >= 0.3 is 12.2 Å². The van der Waals surface area contributed by atoms with Crippen molar-refractivity contribution < 1.29 is 18.0 Å². The van der Waals surface area contributed by atoms with Gasteiger partial charge in [-0.25, -0.2) is 9.78 Å². The van der Waals surface area contributed by atoms with Crippen molar-refractivity contribution in [1.82, 2.24) is 24.6 Å². The highest BCUT2D eigenvalue weighted by molar-refractivity contribution is 5.89. The molecule has 2 amide bonds. The first-order valence-electron chi connectivity index (χ1n) is 13.7. The van der Waals surface area contributed by atoms with Gasteiger partial charge in [-0.3, -0.25) is 14.3 Å². The molecule has 7 nitrogen and oxygen atoms in total. The van der Waals surface area contributed by atoms with Crippen LogP contribution in [0, 0.1) is 0 Å². The average molecular weight is 573 g/mol. The first kappa shape index (κ1) is 28.8. The van der Waals surface area contributed by atoms with Gasteiger partial charge in [0, 0.05) is 42.3 Å². The van der Waals surface area contributed by atoms with Crippen molar-refractivity contribution in [2.75, 3.05) is 18.4 Å². The van der Waals surface area contributed by atoms with Crippen LogP contribution in [-0.2, 0) is 19.3 Å². The number of anilines is 1. The highest BCUT2D eigenvalue weighted by Crippen LogP contribution is 2.30. The second-order valence-corrected chi connectivity index (χ2v) is 9.88. The van der Waals surface area contributed by atoms with Crippen LogP contribution < -0.4 is 10.6 Å². The average Bonchev–Trinajstić information content (AvgIpc) is 3.42. The Hall–Kier alpha value is -4.70. The van der Waals surface area contributed by atoms with Crippen molar-refractivity contribution in [3.05, 3.63) is 108 Å². The van der Waals surface area contributed by atoms with E-state index in [9.17, 15) is 18.0 Å². The van der Waals surface area contributed by atoms with Gasteiger partial charge in [-0.2, -0.15) is 13.2 Å². The summed E-state index contributed by atoms with van der Waals surface area (Å²) in [5, 5.41) is 5.11. The molecule has 2 N–H and O–H groups in total. The van der Waals surface area contributed by atoms with Crippen LogP contribution in [0.2, 0.25) is 0 Å². The minimum absolute atomic E-state index is 0.0662. The van der Waals surface area contributed by atoms with E-state index >= 15 is 0 Å². The molecule has 0 saturated heterocycles. The van der Waals surface area contributed by atoms with Crippen molar-refractivity contribution in [1.29, 1.82) is 0 Å². The monoisotopic (exact) mass is 572 g/mol. The summed E-state index contributed by atoms with van der Waals surface area (Å²) < 4.78 is 40.7. The van der Waals surface area contributed by atoms with E-state index in [0.717, 1.165) is 65.5 Å². The van der Waals surface area contributed by atoms with Crippen LogP contribution in [0.25, 0.3) is 28.2 Å². The molecule has 0 aliphatic carbocycles. The summed E-state index contributed by atoms with van der Waals surface area (Å²) in [5.74, 6) is 0. The first-order chi connectivity index (χ1) is 20.2. The molecule has 0 saturated carbocycles. The van der Waals surface area contributed by atoms with E-state index in [0.29, 0.717) is 0 Å². The molecule has 0 atom stereocenters. The number of alkyl halides is 3. The number of carbonyl (C=O) groups excluding carboxylic acids is 1. The summed E-state index contributed by atoms with van der Waals surface area (Å²) in [4.78, 5) is 23.9. The molecule has 0 fully saturated rings. The number of hydrogen-bond acceptors (Lipinski definition) is 4. The summed E-state index contributed by atoms with van der Waals surface area (Å²) in [6.07, 6.45) is 1.25. The van der Waals surface area contributed by atoms with E-state index in [1.807, 2.05) is 65.5 Å². The molecule has 2 aromatic carbocycles. The quantitative estimate of drug-likeness (QED) is 0.195. The standard InChI is InChI=1S/C32H31F3N6O/c1-3-40(4-2)21-23-10-13-28(36-19-23)25-14-15-41-29(20-37-30(41)16-25)24-11-8-22(9-12-24)18-38-31(42)39-27-7-5-6-26(17-27)32(33,34)35/h5-17,19-20H,3-4,18,21H2,1-2H3,(H2,38,39,42). The van der Waals surface area contributed by atoms with Gasteiger partial charge in [-0.05, 0) is 60.6 Å². The van der Waals surface area contributed by atoms with Gasteiger partial charge in [0.25, 0.3) is 0 Å². The predicted octanol–water partition coefficient (Wildman–Crippen LogP) is 7.25. The lowest BCUT2D eigenvalue weighted by atomic mass is 10.1. The minimum atomic E-state index is -4.48.